The van der Waals surface area contributed by atoms with Crippen LogP contribution in [0.3, 0.4) is 0 Å². The molecule has 2 aromatic heterocycles. The molecule has 2 heterocycles. The summed E-state index contributed by atoms with van der Waals surface area (Å²) in [4.78, 5) is 21.4. The van der Waals surface area contributed by atoms with E-state index in [9.17, 15) is 4.79 Å². The zero-order chi connectivity index (χ0) is 20.3. The molecule has 5 rings (SSSR count). The van der Waals surface area contributed by atoms with Crippen molar-refractivity contribution in [3.8, 4) is 17.2 Å². The van der Waals surface area contributed by atoms with E-state index < -0.39 is 0 Å². The Balaban J connectivity index is 1.26. The fraction of sp³-hybridized carbons (Fsp3) is 0.160. The Morgan fingerprint density at radius 3 is 2.63 bits per heavy atom. The lowest BCUT2D eigenvalue weighted by Gasteiger charge is -2.08. The summed E-state index contributed by atoms with van der Waals surface area (Å²) in [7, 11) is 0. The molecule has 0 amide bonds. The van der Waals surface area contributed by atoms with Crippen LogP contribution < -0.4 is 4.74 Å². The van der Waals surface area contributed by atoms with Gasteiger partial charge < -0.3 is 9.15 Å². The second-order valence-corrected chi connectivity index (χ2v) is 7.42. The molecule has 0 aliphatic heterocycles. The Hall–Kier alpha value is -3.73. The number of carbonyl (C=O) groups excluding carboxylic acids is 1. The number of pyridine rings is 1. The number of carbonyl (C=O) groups is 1. The van der Waals surface area contributed by atoms with Crippen LogP contribution in [-0.4, -0.2) is 15.8 Å². The highest BCUT2D eigenvalue weighted by atomic mass is 16.5. The Bertz CT molecular complexity index is 1170. The van der Waals surface area contributed by atoms with Crippen LogP contribution in [0.2, 0.25) is 0 Å². The minimum Gasteiger partial charge on any atom is -0.489 e. The van der Waals surface area contributed by atoms with Crippen molar-refractivity contribution in [2.45, 2.75) is 19.4 Å². The van der Waals surface area contributed by atoms with Crippen LogP contribution in [-0.2, 0) is 19.4 Å². The molecule has 5 nitrogen and oxygen atoms in total. The average Bonchev–Trinajstić information content (AvgIpc) is 3.46. The molecule has 0 N–H and O–H groups in total. The summed E-state index contributed by atoms with van der Waals surface area (Å²) < 4.78 is 11.6. The van der Waals surface area contributed by atoms with Gasteiger partial charge in [-0.3, -0.25) is 9.78 Å². The first-order chi connectivity index (χ1) is 14.8. The molecular weight excluding hydrogens is 376 g/mol. The van der Waals surface area contributed by atoms with E-state index in [1.807, 2.05) is 60.7 Å². The summed E-state index contributed by atoms with van der Waals surface area (Å²) in [6, 6.07) is 21.7. The number of benzene rings is 2. The second kappa shape index (κ2) is 7.95. The summed E-state index contributed by atoms with van der Waals surface area (Å²) >= 11 is 0. The predicted molar refractivity (Wildman–Crippen MR) is 112 cm³/mol. The summed E-state index contributed by atoms with van der Waals surface area (Å²) in [5, 5.41) is 0. The number of nitrogens with zero attached hydrogens (tertiary/aromatic N) is 2. The number of rotatable bonds is 6. The third kappa shape index (κ3) is 3.74. The van der Waals surface area contributed by atoms with Gasteiger partial charge in [-0.05, 0) is 53.8 Å². The van der Waals surface area contributed by atoms with Gasteiger partial charge in [-0.1, -0.05) is 42.5 Å². The van der Waals surface area contributed by atoms with Crippen LogP contribution in [0.5, 0.6) is 5.75 Å². The van der Waals surface area contributed by atoms with Gasteiger partial charge in [0, 0.05) is 12.1 Å². The molecule has 1 atom stereocenters. The van der Waals surface area contributed by atoms with Gasteiger partial charge in [-0.25, -0.2) is 4.98 Å². The van der Waals surface area contributed by atoms with Crippen molar-refractivity contribution in [3.63, 3.8) is 0 Å². The van der Waals surface area contributed by atoms with Crippen LogP contribution >= 0.6 is 0 Å². The number of oxazole rings is 1. The van der Waals surface area contributed by atoms with Crippen molar-refractivity contribution < 1.29 is 13.9 Å². The Kier molecular flexibility index (Phi) is 4.85. The van der Waals surface area contributed by atoms with Crippen molar-refractivity contribution in [1.29, 1.82) is 0 Å². The van der Waals surface area contributed by atoms with Crippen molar-refractivity contribution in [2.75, 3.05) is 0 Å². The standard InChI is InChI=1S/C25H20N2O3/c28-24(25-27-15-23(30-25)22-8-4-5-11-26-22)20-12-18-9-10-21(14-19(18)13-20)29-16-17-6-2-1-3-7-17/h1-11,14-15,20H,12-13,16H2/t20-/m0/s1. The minimum atomic E-state index is -0.167. The van der Waals surface area contributed by atoms with Gasteiger partial charge in [-0.2, -0.15) is 0 Å². The fourth-order valence-corrected chi connectivity index (χ4v) is 3.80. The molecule has 1 aliphatic carbocycles. The Morgan fingerprint density at radius 2 is 1.80 bits per heavy atom. The molecule has 30 heavy (non-hydrogen) atoms. The lowest BCUT2D eigenvalue weighted by Crippen LogP contribution is -2.15. The van der Waals surface area contributed by atoms with Crippen LogP contribution in [0.25, 0.3) is 11.5 Å². The highest BCUT2D eigenvalue weighted by Gasteiger charge is 2.31. The molecule has 5 heteroatoms. The monoisotopic (exact) mass is 396 g/mol. The van der Waals surface area contributed by atoms with E-state index in [2.05, 4.69) is 16.0 Å². The molecule has 0 unspecified atom stereocenters. The lowest BCUT2D eigenvalue weighted by atomic mass is 10.0. The van der Waals surface area contributed by atoms with Crippen molar-refractivity contribution in [1.82, 2.24) is 9.97 Å². The van der Waals surface area contributed by atoms with Gasteiger partial charge in [0.1, 0.15) is 18.1 Å². The molecule has 0 bridgehead atoms. The second-order valence-electron chi connectivity index (χ2n) is 7.42. The number of fused-ring (bicyclic) bond motifs is 1. The molecule has 4 aromatic rings. The molecule has 0 fully saturated rings. The number of hydrogen-bond acceptors (Lipinski definition) is 5. The molecule has 0 saturated heterocycles. The van der Waals surface area contributed by atoms with E-state index in [0.717, 1.165) is 16.9 Å². The molecular formula is C25H20N2O3. The summed E-state index contributed by atoms with van der Waals surface area (Å²) in [6.07, 6.45) is 4.60. The number of ketones is 1. The first-order valence-corrected chi connectivity index (χ1v) is 9.96. The SMILES string of the molecule is O=C(c1ncc(-c2ccccn2)o1)[C@H]1Cc2ccc(OCc3ccccc3)cc2C1. The number of hydrogen-bond donors (Lipinski definition) is 0. The molecule has 1 aliphatic rings. The number of aromatic nitrogens is 2. The molecule has 0 spiro atoms. The number of ether oxygens (including phenoxy) is 1. The predicted octanol–water partition coefficient (Wildman–Crippen LogP) is 4.91. The van der Waals surface area contributed by atoms with Gasteiger partial charge in [0.2, 0.25) is 5.78 Å². The van der Waals surface area contributed by atoms with Crippen LogP contribution in [0.15, 0.2) is 83.5 Å². The van der Waals surface area contributed by atoms with Crippen molar-refractivity contribution >= 4 is 5.78 Å². The molecule has 0 radical (unpaired) electrons. The quantitative estimate of drug-likeness (QED) is 0.433. The third-order valence-corrected chi connectivity index (χ3v) is 5.36. The Labute approximate surface area is 174 Å². The van der Waals surface area contributed by atoms with Gasteiger partial charge in [0.25, 0.3) is 5.89 Å². The number of Topliss-reactive ketones (excluding diaryl/α,β-unsaturated/α-hetero) is 1. The smallest absolute Gasteiger partial charge is 0.264 e. The maximum absolute atomic E-state index is 12.9. The van der Waals surface area contributed by atoms with E-state index in [-0.39, 0.29) is 17.6 Å². The van der Waals surface area contributed by atoms with E-state index in [4.69, 9.17) is 9.15 Å². The Morgan fingerprint density at radius 1 is 0.967 bits per heavy atom. The average molecular weight is 396 g/mol. The van der Waals surface area contributed by atoms with Crippen LogP contribution in [0.4, 0.5) is 0 Å². The molecule has 0 saturated carbocycles. The molecule has 2 aromatic carbocycles. The zero-order valence-electron chi connectivity index (χ0n) is 16.3. The van der Waals surface area contributed by atoms with Gasteiger partial charge >= 0.3 is 0 Å². The summed E-state index contributed by atoms with van der Waals surface area (Å²) in [5.74, 6) is 1.24. The highest BCUT2D eigenvalue weighted by Crippen LogP contribution is 2.32. The first-order valence-electron chi connectivity index (χ1n) is 9.96. The highest BCUT2D eigenvalue weighted by molar-refractivity contribution is 5.94. The van der Waals surface area contributed by atoms with E-state index >= 15 is 0 Å². The van der Waals surface area contributed by atoms with Crippen molar-refractivity contribution in [2.24, 2.45) is 5.92 Å². The third-order valence-electron chi connectivity index (χ3n) is 5.36. The minimum absolute atomic E-state index is 0.0693. The molecule has 148 valence electrons. The first kappa shape index (κ1) is 18.3. The van der Waals surface area contributed by atoms with Crippen LogP contribution in [0, 0.1) is 5.92 Å². The van der Waals surface area contributed by atoms with Gasteiger partial charge in [0.15, 0.2) is 5.76 Å². The van der Waals surface area contributed by atoms with Gasteiger partial charge in [-0.15, -0.1) is 0 Å². The normalized spacial score (nSPS) is 15.0. The summed E-state index contributed by atoms with van der Waals surface area (Å²) in [6.45, 7) is 0.522. The largest absolute Gasteiger partial charge is 0.489 e. The maximum Gasteiger partial charge on any atom is 0.264 e. The topological polar surface area (TPSA) is 65.2 Å². The van der Waals surface area contributed by atoms with Gasteiger partial charge in [0.05, 0.1) is 6.20 Å². The fourth-order valence-electron chi connectivity index (χ4n) is 3.80. The van der Waals surface area contributed by atoms with E-state index in [0.29, 0.717) is 30.9 Å². The van der Waals surface area contributed by atoms with E-state index in [1.165, 1.54) is 5.56 Å². The van der Waals surface area contributed by atoms with Crippen LogP contribution in [0.1, 0.15) is 27.4 Å². The zero-order valence-corrected chi connectivity index (χ0v) is 16.3. The van der Waals surface area contributed by atoms with E-state index in [1.54, 1.807) is 12.4 Å². The lowest BCUT2D eigenvalue weighted by molar-refractivity contribution is 0.0890. The maximum atomic E-state index is 12.9. The van der Waals surface area contributed by atoms with Crippen molar-refractivity contribution in [3.05, 3.63) is 102 Å². The summed E-state index contributed by atoms with van der Waals surface area (Å²) in [5.41, 5.74) is 4.12.